The Hall–Kier alpha value is -1.59. The summed E-state index contributed by atoms with van der Waals surface area (Å²) in [5.41, 5.74) is 6.19. The Balaban J connectivity index is 2.00. The Morgan fingerprint density at radius 3 is 2.89 bits per heavy atom. The zero-order valence-electron chi connectivity index (χ0n) is 10.2. The second kappa shape index (κ2) is 6.04. The van der Waals surface area contributed by atoms with Crippen molar-refractivity contribution in [3.05, 3.63) is 46.9 Å². The predicted octanol–water partition coefficient (Wildman–Crippen LogP) is 3.59. The van der Waals surface area contributed by atoms with Crippen LogP contribution in [-0.4, -0.2) is 13.1 Å². The SMILES string of the molecule is COC(=O)c1ccc(CSc2ccc(N)c(Cl)c2)o1. The first-order chi connectivity index (χ1) is 9.10. The summed E-state index contributed by atoms with van der Waals surface area (Å²) >= 11 is 7.48. The van der Waals surface area contributed by atoms with E-state index in [-0.39, 0.29) is 5.76 Å². The van der Waals surface area contributed by atoms with Crippen LogP contribution in [0.25, 0.3) is 0 Å². The first kappa shape index (κ1) is 13.8. The molecule has 0 aliphatic carbocycles. The third-order valence-corrected chi connectivity index (χ3v) is 3.74. The molecule has 100 valence electrons. The van der Waals surface area contributed by atoms with E-state index in [9.17, 15) is 4.79 Å². The monoisotopic (exact) mass is 297 g/mol. The number of carbonyl (C=O) groups excluding carboxylic acids is 1. The molecule has 0 amide bonds. The van der Waals surface area contributed by atoms with E-state index in [1.54, 1.807) is 36.0 Å². The molecule has 0 atom stereocenters. The number of nitrogen functional groups attached to an aromatic ring is 1. The van der Waals surface area contributed by atoms with Crippen LogP contribution in [0.5, 0.6) is 0 Å². The molecule has 2 rings (SSSR count). The van der Waals surface area contributed by atoms with Crippen LogP contribution < -0.4 is 5.73 Å². The molecule has 0 aliphatic rings. The summed E-state index contributed by atoms with van der Waals surface area (Å²) < 4.78 is 9.93. The maximum absolute atomic E-state index is 11.2. The highest BCUT2D eigenvalue weighted by atomic mass is 35.5. The number of anilines is 1. The fourth-order valence-corrected chi connectivity index (χ4v) is 2.49. The Morgan fingerprint density at radius 2 is 2.21 bits per heavy atom. The molecule has 0 bridgehead atoms. The largest absolute Gasteiger partial charge is 0.463 e. The minimum Gasteiger partial charge on any atom is -0.463 e. The molecule has 2 aromatic rings. The average Bonchev–Trinajstić information content (AvgIpc) is 2.88. The lowest BCUT2D eigenvalue weighted by atomic mass is 10.3. The number of hydrogen-bond acceptors (Lipinski definition) is 5. The van der Waals surface area contributed by atoms with Crippen LogP contribution in [0.1, 0.15) is 16.3 Å². The molecule has 1 aromatic heterocycles. The minimum atomic E-state index is -0.480. The Bertz CT molecular complexity index is 597. The van der Waals surface area contributed by atoms with Crippen molar-refractivity contribution in [1.29, 1.82) is 0 Å². The molecular formula is C13H12ClNO3S. The van der Waals surface area contributed by atoms with Gasteiger partial charge in [0.25, 0.3) is 0 Å². The van der Waals surface area contributed by atoms with Crippen LogP contribution >= 0.6 is 23.4 Å². The van der Waals surface area contributed by atoms with Crippen molar-refractivity contribution in [3.63, 3.8) is 0 Å². The van der Waals surface area contributed by atoms with Crippen molar-refractivity contribution < 1.29 is 13.9 Å². The van der Waals surface area contributed by atoms with Gasteiger partial charge in [0.2, 0.25) is 5.76 Å². The van der Waals surface area contributed by atoms with E-state index >= 15 is 0 Å². The molecule has 6 heteroatoms. The standard InChI is InChI=1S/C13H12ClNO3S/c1-17-13(16)12-5-2-8(18-12)7-19-9-3-4-11(15)10(14)6-9/h2-6H,7,15H2,1H3. The topological polar surface area (TPSA) is 65.5 Å². The second-order valence-electron chi connectivity index (χ2n) is 3.73. The molecule has 1 heterocycles. The number of furan rings is 1. The van der Waals surface area contributed by atoms with E-state index in [4.69, 9.17) is 21.8 Å². The van der Waals surface area contributed by atoms with Crippen molar-refractivity contribution in [2.75, 3.05) is 12.8 Å². The smallest absolute Gasteiger partial charge is 0.373 e. The van der Waals surface area contributed by atoms with E-state index in [2.05, 4.69) is 4.74 Å². The Morgan fingerprint density at radius 1 is 1.42 bits per heavy atom. The van der Waals surface area contributed by atoms with E-state index in [1.165, 1.54) is 7.11 Å². The maximum atomic E-state index is 11.2. The number of carbonyl (C=O) groups is 1. The van der Waals surface area contributed by atoms with Gasteiger partial charge in [-0.15, -0.1) is 11.8 Å². The van der Waals surface area contributed by atoms with Gasteiger partial charge in [0.05, 0.1) is 23.6 Å². The zero-order valence-corrected chi connectivity index (χ0v) is 11.8. The summed E-state index contributed by atoms with van der Waals surface area (Å²) in [5, 5.41) is 0.527. The fourth-order valence-electron chi connectivity index (χ4n) is 1.42. The fraction of sp³-hybridized carbons (Fsp3) is 0.154. The molecule has 0 aliphatic heterocycles. The van der Waals surface area contributed by atoms with Crippen LogP contribution in [0.15, 0.2) is 39.6 Å². The lowest BCUT2D eigenvalue weighted by molar-refractivity contribution is 0.0563. The van der Waals surface area contributed by atoms with E-state index in [1.807, 2.05) is 6.07 Å². The number of methoxy groups -OCH3 is 1. The first-order valence-electron chi connectivity index (χ1n) is 5.45. The highest BCUT2D eigenvalue weighted by Gasteiger charge is 2.11. The number of nitrogens with two attached hydrogens (primary N) is 1. The molecule has 0 saturated carbocycles. The number of thioether (sulfide) groups is 1. The van der Waals surface area contributed by atoms with Gasteiger partial charge < -0.3 is 14.9 Å². The van der Waals surface area contributed by atoms with Crippen molar-refractivity contribution in [1.82, 2.24) is 0 Å². The second-order valence-corrected chi connectivity index (χ2v) is 5.19. The van der Waals surface area contributed by atoms with Crippen LogP contribution in [0, 0.1) is 0 Å². The Kier molecular flexibility index (Phi) is 4.39. The summed E-state index contributed by atoms with van der Waals surface area (Å²) in [6, 6.07) is 8.78. The number of benzene rings is 1. The third kappa shape index (κ3) is 3.45. The number of halogens is 1. The number of ether oxygens (including phenoxy) is 1. The molecule has 0 radical (unpaired) electrons. The van der Waals surface area contributed by atoms with Gasteiger partial charge in [0.1, 0.15) is 5.76 Å². The van der Waals surface area contributed by atoms with Gasteiger partial charge in [-0.25, -0.2) is 4.79 Å². The van der Waals surface area contributed by atoms with Gasteiger partial charge in [-0.1, -0.05) is 11.6 Å². The predicted molar refractivity (Wildman–Crippen MR) is 75.5 cm³/mol. The van der Waals surface area contributed by atoms with E-state index in [0.717, 1.165) is 4.90 Å². The lowest BCUT2D eigenvalue weighted by Crippen LogP contribution is -1.98. The number of rotatable bonds is 4. The van der Waals surface area contributed by atoms with Crippen LogP contribution in [0.4, 0.5) is 5.69 Å². The summed E-state index contributed by atoms with van der Waals surface area (Å²) in [6.45, 7) is 0. The normalized spacial score (nSPS) is 10.4. The molecule has 2 N–H and O–H groups in total. The lowest BCUT2D eigenvalue weighted by Gasteiger charge is -2.02. The van der Waals surface area contributed by atoms with Gasteiger partial charge in [0, 0.05) is 4.90 Å². The van der Waals surface area contributed by atoms with Crippen molar-refractivity contribution in [2.45, 2.75) is 10.6 Å². The van der Waals surface area contributed by atoms with Crippen molar-refractivity contribution in [2.24, 2.45) is 0 Å². The number of esters is 1. The Labute approximate surface area is 119 Å². The number of hydrogen-bond donors (Lipinski definition) is 1. The molecule has 1 aromatic carbocycles. The van der Waals surface area contributed by atoms with Crippen LogP contribution in [0.3, 0.4) is 0 Å². The van der Waals surface area contributed by atoms with Gasteiger partial charge in [-0.05, 0) is 30.3 Å². The summed E-state index contributed by atoms with van der Waals surface area (Å²) in [7, 11) is 1.32. The van der Waals surface area contributed by atoms with Crippen molar-refractivity contribution >= 4 is 35.0 Å². The zero-order chi connectivity index (χ0) is 13.8. The minimum absolute atomic E-state index is 0.202. The highest BCUT2D eigenvalue weighted by molar-refractivity contribution is 7.98. The maximum Gasteiger partial charge on any atom is 0.373 e. The van der Waals surface area contributed by atoms with Gasteiger partial charge in [0.15, 0.2) is 0 Å². The average molecular weight is 298 g/mol. The van der Waals surface area contributed by atoms with Crippen molar-refractivity contribution in [3.8, 4) is 0 Å². The van der Waals surface area contributed by atoms with Crippen LogP contribution in [-0.2, 0) is 10.5 Å². The molecule has 0 saturated heterocycles. The van der Waals surface area contributed by atoms with E-state index in [0.29, 0.717) is 22.2 Å². The summed E-state index contributed by atoms with van der Waals surface area (Å²) in [4.78, 5) is 12.2. The highest BCUT2D eigenvalue weighted by Crippen LogP contribution is 2.29. The molecule has 0 unspecified atom stereocenters. The summed E-state index contributed by atoms with van der Waals surface area (Å²) in [6.07, 6.45) is 0. The van der Waals surface area contributed by atoms with Crippen LogP contribution in [0.2, 0.25) is 5.02 Å². The van der Waals surface area contributed by atoms with Gasteiger partial charge in [-0.2, -0.15) is 0 Å². The molecule has 0 spiro atoms. The summed E-state index contributed by atoms with van der Waals surface area (Å²) in [5.74, 6) is 1.01. The van der Waals surface area contributed by atoms with Gasteiger partial charge >= 0.3 is 5.97 Å². The van der Waals surface area contributed by atoms with E-state index < -0.39 is 5.97 Å². The van der Waals surface area contributed by atoms with Gasteiger partial charge in [-0.3, -0.25) is 0 Å². The molecular weight excluding hydrogens is 286 g/mol. The quantitative estimate of drug-likeness (QED) is 0.531. The first-order valence-corrected chi connectivity index (χ1v) is 6.81. The molecule has 4 nitrogen and oxygen atoms in total. The molecule has 0 fully saturated rings. The third-order valence-electron chi connectivity index (χ3n) is 2.40. The molecule has 19 heavy (non-hydrogen) atoms.